The van der Waals surface area contributed by atoms with Crippen molar-refractivity contribution in [2.24, 2.45) is 0 Å². The summed E-state index contributed by atoms with van der Waals surface area (Å²) in [4.78, 5) is 40.8. The zero-order chi connectivity index (χ0) is 25.9. The number of carbonyl (C=O) groups excluding carboxylic acids is 3. The first-order valence-corrected chi connectivity index (χ1v) is 12.4. The molecule has 188 valence electrons. The Morgan fingerprint density at radius 3 is 2.11 bits per heavy atom. The molecule has 4 rings (SSSR count). The van der Waals surface area contributed by atoms with E-state index in [1.54, 1.807) is 0 Å². The van der Waals surface area contributed by atoms with Gasteiger partial charge in [-0.25, -0.2) is 17.2 Å². The summed E-state index contributed by atoms with van der Waals surface area (Å²) < 4.78 is 59.0. The SMILES string of the molecule is O=C(N[C@@H](C(=O)N1CCN(C(=O)c2ccccc2F)CC1)S(=O)(=O)c1ccc(F)cc1)c1ccco1. The molecule has 1 saturated heterocycles. The molecule has 1 atom stereocenters. The molecule has 1 aliphatic rings. The van der Waals surface area contributed by atoms with Gasteiger partial charge in [-0.2, -0.15) is 0 Å². The van der Waals surface area contributed by atoms with Crippen LogP contribution in [0.2, 0.25) is 0 Å². The topological polar surface area (TPSA) is 117 Å². The van der Waals surface area contributed by atoms with E-state index in [0.717, 1.165) is 24.3 Å². The highest BCUT2D eigenvalue weighted by atomic mass is 32.2. The summed E-state index contributed by atoms with van der Waals surface area (Å²) in [6, 6.07) is 12.1. The Balaban J connectivity index is 1.54. The van der Waals surface area contributed by atoms with Crippen molar-refractivity contribution in [2.45, 2.75) is 10.3 Å². The highest BCUT2D eigenvalue weighted by Crippen LogP contribution is 2.20. The highest BCUT2D eigenvalue weighted by molar-refractivity contribution is 7.92. The Bertz CT molecular complexity index is 1370. The average molecular weight is 518 g/mol. The van der Waals surface area contributed by atoms with Gasteiger partial charge < -0.3 is 19.5 Å². The second-order valence-electron chi connectivity index (χ2n) is 7.93. The lowest BCUT2D eigenvalue weighted by atomic mass is 10.1. The van der Waals surface area contributed by atoms with Crippen molar-refractivity contribution in [2.75, 3.05) is 26.2 Å². The number of amides is 3. The normalized spacial score (nSPS) is 14.8. The van der Waals surface area contributed by atoms with Gasteiger partial charge in [0, 0.05) is 26.2 Å². The summed E-state index contributed by atoms with van der Waals surface area (Å²) in [7, 11) is -4.49. The smallest absolute Gasteiger partial charge is 0.288 e. The first-order valence-electron chi connectivity index (χ1n) is 10.8. The van der Waals surface area contributed by atoms with Gasteiger partial charge in [0.2, 0.25) is 15.2 Å². The van der Waals surface area contributed by atoms with Gasteiger partial charge in [0.25, 0.3) is 17.7 Å². The van der Waals surface area contributed by atoms with E-state index in [4.69, 9.17) is 4.42 Å². The van der Waals surface area contributed by atoms with E-state index < -0.39 is 44.6 Å². The molecule has 0 radical (unpaired) electrons. The highest BCUT2D eigenvalue weighted by Gasteiger charge is 2.40. The standard InChI is InChI=1S/C24H21F2N3O6S/c25-16-7-9-17(10-8-16)36(33,34)22(27-21(30)20-6-3-15-35-20)24(32)29-13-11-28(12-14-29)23(31)18-4-1-2-5-19(18)26/h1-10,15,22H,11-14H2,(H,27,30)/t22-/m1/s1. The van der Waals surface area contributed by atoms with Gasteiger partial charge in [0.05, 0.1) is 16.7 Å². The Morgan fingerprint density at radius 2 is 1.50 bits per heavy atom. The maximum Gasteiger partial charge on any atom is 0.288 e. The fourth-order valence-corrected chi connectivity index (χ4v) is 5.20. The molecule has 0 unspecified atom stereocenters. The van der Waals surface area contributed by atoms with Gasteiger partial charge in [-0.05, 0) is 48.5 Å². The molecule has 1 aliphatic heterocycles. The summed E-state index contributed by atoms with van der Waals surface area (Å²) in [6.07, 6.45) is 1.21. The molecule has 1 aromatic heterocycles. The van der Waals surface area contributed by atoms with Gasteiger partial charge in [-0.1, -0.05) is 12.1 Å². The van der Waals surface area contributed by atoms with Gasteiger partial charge >= 0.3 is 0 Å². The molecule has 36 heavy (non-hydrogen) atoms. The molecule has 0 saturated carbocycles. The van der Waals surface area contributed by atoms with E-state index in [0.29, 0.717) is 0 Å². The van der Waals surface area contributed by atoms with Crippen LogP contribution >= 0.6 is 0 Å². The molecule has 2 heterocycles. The number of nitrogens with one attached hydrogen (secondary N) is 1. The largest absolute Gasteiger partial charge is 0.459 e. The van der Waals surface area contributed by atoms with Crippen LogP contribution in [-0.4, -0.2) is 67.5 Å². The zero-order valence-electron chi connectivity index (χ0n) is 18.8. The number of nitrogens with zero attached hydrogens (tertiary/aromatic N) is 2. The van der Waals surface area contributed by atoms with Crippen LogP contribution in [0, 0.1) is 11.6 Å². The molecule has 0 aliphatic carbocycles. The van der Waals surface area contributed by atoms with Crippen LogP contribution in [0.25, 0.3) is 0 Å². The molecule has 3 aromatic rings. The predicted molar refractivity (Wildman–Crippen MR) is 122 cm³/mol. The number of halogens is 2. The van der Waals surface area contributed by atoms with Crippen LogP contribution in [0.15, 0.2) is 76.2 Å². The van der Waals surface area contributed by atoms with Crippen LogP contribution in [0.4, 0.5) is 8.78 Å². The van der Waals surface area contributed by atoms with Crippen LogP contribution in [0.1, 0.15) is 20.9 Å². The number of hydrogen-bond donors (Lipinski definition) is 1. The number of sulfone groups is 1. The summed E-state index contributed by atoms with van der Waals surface area (Å²) >= 11 is 0. The summed E-state index contributed by atoms with van der Waals surface area (Å²) in [5.74, 6) is -3.97. The first kappa shape index (κ1) is 25.0. The lowest BCUT2D eigenvalue weighted by molar-refractivity contribution is -0.132. The monoisotopic (exact) mass is 517 g/mol. The number of furan rings is 1. The second kappa shape index (κ2) is 10.3. The van der Waals surface area contributed by atoms with Crippen LogP contribution in [-0.2, 0) is 14.6 Å². The second-order valence-corrected chi connectivity index (χ2v) is 9.96. The molecule has 0 bridgehead atoms. The molecule has 1 N–H and O–H groups in total. The minimum atomic E-state index is -4.49. The fourth-order valence-electron chi connectivity index (χ4n) is 3.73. The fraction of sp³-hybridized carbons (Fsp3) is 0.208. The number of carbonyl (C=O) groups is 3. The zero-order valence-corrected chi connectivity index (χ0v) is 19.6. The van der Waals surface area contributed by atoms with Gasteiger partial charge in [-0.3, -0.25) is 14.4 Å². The number of rotatable bonds is 6. The number of piperazine rings is 1. The van der Waals surface area contributed by atoms with Crippen molar-refractivity contribution in [1.82, 2.24) is 15.1 Å². The van der Waals surface area contributed by atoms with E-state index in [2.05, 4.69) is 5.32 Å². The maximum atomic E-state index is 14.0. The lowest BCUT2D eigenvalue weighted by Gasteiger charge is -2.36. The number of benzene rings is 2. The first-order chi connectivity index (χ1) is 17.2. The van der Waals surface area contributed by atoms with E-state index in [1.165, 1.54) is 52.5 Å². The minimum absolute atomic E-state index is 0.0222. The van der Waals surface area contributed by atoms with E-state index in [9.17, 15) is 31.6 Å². The quantitative estimate of drug-likeness (QED) is 0.501. The van der Waals surface area contributed by atoms with Crippen molar-refractivity contribution in [3.63, 3.8) is 0 Å². The van der Waals surface area contributed by atoms with E-state index in [1.807, 2.05) is 0 Å². The molecule has 9 nitrogen and oxygen atoms in total. The summed E-state index contributed by atoms with van der Waals surface area (Å²) in [5, 5.41) is 0.168. The third-order valence-corrected chi connectivity index (χ3v) is 7.54. The van der Waals surface area contributed by atoms with Gasteiger partial charge in [0.15, 0.2) is 5.76 Å². The van der Waals surface area contributed by atoms with E-state index in [-0.39, 0.29) is 42.4 Å². The Labute approximate surface area is 205 Å². The molecule has 12 heteroatoms. The van der Waals surface area contributed by atoms with Gasteiger partial charge in [0.1, 0.15) is 11.6 Å². The molecule has 1 fully saturated rings. The number of hydrogen-bond acceptors (Lipinski definition) is 6. The van der Waals surface area contributed by atoms with E-state index >= 15 is 0 Å². The molecule has 2 aromatic carbocycles. The predicted octanol–water partition coefficient (Wildman–Crippen LogP) is 2.07. The Morgan fingerprint density at radius 1 is 0.861 bits per heavy atom. The van der Waals surface area contributed by atoms with Crippen molar-refractivity contribution in [1.29, 1.82) is 0 Å². The van der Waals surface area contributed by atoms with Crippen LogP contribution in [0.5, 0.6) is 0 Å². The Hall–Kier alpha value is -4.06. The van der Waals surface area contributed by atoms with Crippen molar-refractivity contribution >= 4 is 27.6 Å². The molecular formula is C24H21F2N3O6S. The summed E-state index contributed by atoms with van der Waals surface area (Å²) in [5.41, 5.74) is -0.111. The molecule has 0 spiro atoms. The third kappa shape index (κ3) is 5.13. The van der Waals surface area contributed by atoms with Gasteiger partial charge in [-0.15, -0.1) is 0 Å². The van der Waals surface area contributed by atoms with Crippen molar-refractivity contribution in [3.05, 3.63) is 89.9 Å². The minimum Gasteiger partial charge on any atom is -0.459 e. The molecular weight excluding hydrogens is 496 g/mol. The van der Waals surface area contributed by atoms with Crippen LogP contribution in [0.3, 0.4) is 0 Å². The summed E-state index contributed by atoms with van der Waals surface area (Å²) in [6.45, 7) is -0.0567. The third-order valence-electron chi connectivity index (χ3n) is 5.67. The lowest BCUT2D eigenvalue weighted by Crippen LogP contribution is -2.57. The molecule has 3 amide bonds. The maximum absolute atomic E-state index is 14.0. The Kier molecular flexibility index (Phi) is 7.15. The van der Waals surface area contributed by atoms with Crippen molar-refractivity contribution in [3.8, 4) is 0 Å². The van der Waals surface area contributed by atoms with Crippen molar-refractivity contribution < 1.29 is 36.0 Å². The average Bonchev–Trinajstić information content (AvgIpc) is 3.42. The van der Waals surface area contributed by atoms with Crippen LogP contribution < -0.4 is 5.32 Å².